The quantitative estimate of drug-likeness (QED) is 0.617. The summed E-state index contributed by atoms with van der Waals surface area (Å²) in [6.07, 6.45) is -0.0355. The van der Waals surface area contributed by atoms with Crippen LogP contribution in [0.4, 0.5) is 24.7 Å². The number of hydrogen-bond acceptors (Lipinski definition) is 4. The number of hydrogen-bond donors (Lipinski definition) is 2. The van der Waals surface area contributed by atoms with Crippen LogP contribution in [0.25, 0.3) is 6.08 Å². The van der Waals surface area contributed by atoms with Gasteiger partial charge in [-0.05, 0) is 36.6 Å². The summed E-state index contributed by atoms with van der Waals surface area (Å²) in [6.45, 7) is 4.20. The lowest BCUT2D eigenvalue weighted by atomic mass is 10.1. The summed E-state index contributed by atoms with van der Waals surface area (Å²) in [7, 11) is 0. The van der Waals surface area contributed by atoms with E-state index in [9.17, 15) is 27.6 Å². The average Bonchev–Trinajstić information content (AvgIpc) is 2.71. The summed E-state index contributed by atoms with van der Waals surface area (Å²) >= 11 is 0. The van der Waals surface area contributed by atoms with Crippen LogP contribution in [0.3, 0.4) is 0 Å². The van der Waals surface area contributed by atoms with Crippen LogP contribution >= 0.6 is 0 Å². The van der Waals surface area contributed by atoms with Gasteiger partial charge in [0.1, 0.15) is 5.82 Å². The number of carbonyl (C=O) groups excluding carboxylic acids is 1. The molecular formula is C21H25F3N4O3. The lowest BCUT2D eigenvalue weighted by Gasteiger charge is -2.23. The number of anilines is 2. The molecule has 7 nitrogen and oxygen atoms in total. The first-order chi connectivity index (χ1) is 14.6. The predicted octanol–water partition coefficient (Wildman–Crippen LogP) is 3.39. The van der Waals surface area contributed by atoms with E-state index in [1.807, 2.05) is 13.8 Å². The second kappa shape index (κ2) is 10.1. The molecular weight excluding hydrogens is 413 g/mol. The number of benzene rings is 1. The maximum Gasteiger partial charge on any atom is 0.416 e. The number of alkyl halides is 3. The molecule has 1 heterocycles. The van der Waals surface area contributed by atoms with Gasteiger partial charge in [0.2, 0.25) is 0 Å². The van der Waals surface area contributed by atoms with Crippen molar-refractivity contribution in [2.45, 2.75) is 45.8 Å². The molecule has 0 aliphatic carbocycles. The van der Waals surface area contributed by atoms with E-state index in [-0.39, 0.29) is 24.6 Å². The third-order valence-corrected chi connectivity index (χ3v) is 4.59. The molecule has 1 aromatic carbocycles. The lowest BCUT2D eigenvalue weighted by Crippen LogP contribution is -2.41. The van der Waals surface area contributed by atoms with Gasteiger partial charge >= 0.3 is 11.9 Å². The second-order valence-corrected chi connectivity index (χ2v) is 6.94. The fraction of sp³-hybridized carbons (Fsp3) is 0.381. The highest BCUT2D eigenvalue weighted by Crippen LogP contribution is 2.29. The van der Waals surface area contributed by atoms with Crippen molar-refractivity contribution in [1.82, 2.24) is 9.55 Å². The first-order valence-corrected chi connectivity index (χ1v) is 9.89. The smallest absolute Gasteiger partial charge is 0.383 e. The Hall–Kier alpha value is -3.30. The summed E-state index contributed by atoms with van der Waals surface area (Å²) in [5, 5.41) is 0. The number of aromatic amines is 1. The van der Waals surface area contributed by atoms with Crippen molar-refractivity contribution >= 4 is 23.5 Å². The number of nitrogens with one attached hydrogen (secondary N) is 1. The zero-order valence-corrected chi connectivity index (χ0v) is 17.3. The van der Waals surface area contributed by atoms with Gasteiger partial charge in [0.15, 0.2) is 5.69 Å². The third kappa shape index (κ3) is 5.87. The number of carbonyl (C=O) groups is 1. The molecule has 0 spiro atoms. The Morgan fingerprint density at radius 2 is 1.81 bits per heavy atom. The maximum absolute atomic E-state index is 12.9. The zero-order valence-electron chi connectivity index (χ0n) is 17.3. The Bertz CT molecular complexity index is 1050. The first-order valence-electron chi connectivity index (χ1n) is 9.89. The highest BCUT2D eigenvalue weighted by Gasteiger charge is 2.29. The Kier molecular flexibility index (Phi) is 7.84. The number of H-pyrrole nitrogens is 1. The minimum absolute atomic E-state index is 0.108. The van der Waals surface area contributed by atoms with E-state index in [1.54, 1.807) is 0 Å². The summed E-state index contributed by atoms with van der Waals surface area (Å²) in [4.78, 5) is 40.7. The van der Waals surface area contributed by atoms with Crippen LogP contribution in [0.15, 0.2) is 39.9 Å². The fourth-order valence-corrected chi connectivity index (χ4v) is 2.97. The van der Waals surface area contributed by atoms with Crippen LogP contribution in [-0.4, -0.2) is 22.0 Å². The zero-order chi connectivity index (χ0) is 23.2. The van der Waals surface area contributed by atoms with E-state index in [0.717, 1.165) is 24.6 Å². The number of halogens is 3. The molecule has 3 N–H and O–H groups in total. The molecule has 0 unspecified atom stereocenters. The van der Waals surface area contributed by atoms with Crippen LogP contribution in [0, 0.1) is 0 Å². The largest absolute Gasteiger partial charge is 0.416 e. The second-order valence-electron chi connectivity index (χ2n) is 6.94. The number of unbranched alkanes of at least 4 members (excludes halogenated alkanes) is 1. The van der Waals surface area contributed by atoms with Crippen molar-refractivity contribution in [3.05, 3.63) is 62.3 Å². The Morgan fingerprint density at radius 1 is 1.16 bits per heavy atom. The molecule has 0 saturated heterocycles. The van der Waals surface area contributed by atoms with Gasteiger partial charge in [0, 0.05) is 19.2 Å². The molecule has 10 heteroatoms. The van der Waals surface area contributed by atoms with Gasteiger partial charge in [-0.2, -0.15) is 13.2 Å². The Morgan fingerprint density at radius 3 is 2.35 bits per heavy atom. The molecule has 1 aromatic heterocycles. The van der Waals surface area contributed by atoms with Crippen molar-refractivity contribution in [3.8, 4) is 0 Å². The molecule has 0 atom stereocenters. The molecule has 168 valence electrons. The van der Waals surface area contributed by atoms with Gasteiger partial charge < -0.3 is 10.6 Å². The number of nitrogens with two attached hydrogens (primary N) is 1. The van der Waals surface area contributed by atoms with E-state index < -0.39 is 28.9 Å². The van der Waals surface area contributed by atoms with Gasteiger partial charge in [0.05, 0.1) is 5.56 Å². The number of aromatic nitrogens is 2. The Labute approximate surface area is 177 Å². The lowest BCUT2D eigenvalue weighted by molar-refractivity contribution is -0.137. The topological polar surface area (TPSA) is 101 Å². The van der Waals surface area contributed by atoms with Gasteiger partial charge in [-0.15, -0.1) is 0 Å². The van der Waals surface area contributed by atoms with Crippen molar-refractivity contribution in [2.75, 3.05) is 17.2 Å². The summed E-state index contributed by atoms with van der Waals surface area (Å²) < 4.78 is 39.3. The highest BCUT2D eigenvalue weighted by atomic mass is 19.4. The number of rotatable bonds is 8. The summed E-state index contributed by atoms with van der Waals surface area (Å²) in [6, 6.07) is 4.32. The number of nitrogen functional groups attached to an aromatic ring is 1. The van der Waals surface area contributed by atoms with E-state index in [4.69, 9.17) is 5.73 Å². The monoisotopic (exact) mass is 438 g/mol. The van der Waals surface area contributed by atoms with Crippen molar-refractivity contribution in [2.24, 2.45) is 0 Å². The highest BCUT2D eigenvalue weighted by molar-refractivity contribution is 6.05. The maximum atomic E-state index is 12.9. The summed E-state index contributed by atoms with van der Waals surface area (Å²) in [5.41, 5.74) is 4.10. The molecule has 0 fully saturated rings. The van der Waals surface area contributed by atoms with Gasteiger partial charge in [-0.3, -0.25) is 19.1 Å². The molecule has 2 rings (SSSR count). The standard InChI is InChI=1S/C21H25F3N4O3/c1-3-5-13-27(17-18(25)28(12-4-2)20(31)26-19(17)30)16(29)11-8-14-6-9-15(10-7-14)21(22,23)24/h6-11H,3-5,12-13,25H2,1-2H3,(H,26,30,31)/b11-8+. The first kappa shape index (κ1) is 24.0. The normalized spacial score (nSPS) is 11.8. The molecule has 0 bridgehead atoms. The number of amides is 1. The molecule has 1 amide bonds. The fourth-order valence-electron chi connectivity index (χ4n) is 2.97. The van der Waals surface area contributed by atoms with E-state index >= 15 is 0 Å². The minimum atomic E-state index is -4.45. The molecule has 0 radical (unpaired) electrons. The molecule has 0 aliphatic heterocycles. The third-order valence-electron chi connectivity index (χ3n) is 4.59. The van der Waals surface area contributed by atoms with E-state index in [0.29, 0.717) is 18.4 Å². The Balaban J connectivity index is 2.40. The molecule has 0 aliphatic rings. The number of nitrogens with zero attached hydrogens (tertiary/aromatic N) is 2. The van der Waals surface area contributed by atoms with Crippen LogP contribution in [-0.2, 0) is 17.5 Å². The SMILES string of the molecule is CCCCN(C(=O)/C=C/c1ccc(C(F)(F)F)cc1)c1c(N)n(CCC)c(=O)[nH]c1=O. The van der Waals surface area contributed by atoms with E-state index in [1.165, 1.54) is 27.7 Å². The van der Waals surface area contributed by atoms with Gasteiger partial charge in [0.25, 0.3) is 11.5 Å². The van der Waals surface area contributed by atoms with Gasteiger partial charge in [-0.25, -0.2) is 4.79 Å². The molecule has 31 heavy (non-hydrogen) atoms. The van der Waals surface area contributed by atoms with Crippen LogP contribution in [0.2, 0.25) is 0 Å². The average molecular weight is 438 g/mol. The minimum Gasteiger partial charge on any atom is -0.383 e. The molecule has 2 aromatic rings. The van der Waals surface area contributed by atoms with Gasteiger partial charge in [-0.1, -0.05) is 32.4 Å². The predicted molar refractivity (Wildman–Crippen MR) is 114 cm³/mol. The van der Waals surface area contributed by atoms with Crippen molar-refractivity contribution < 1.29 is 18.0 Å². The van der Waals surface area contributed by atoms with Crippen LogP contribution in [0.1, 0.15) is 44.2 Å². The van der Waals surface area contributed by atoms with Crippen molar-refractivity contribution in [1.29, 1.82) is 0 Å². The van der Waals surface area contributed by atoms with Crippen LogP contribution in [0.5, 0.6) is 0 Å². The van der Waals surface area contributed by atoms with Crippen LogP contribution < -0.4 is 21.9 Å². The van der Waals surface area contributed by atoms with E-state index in [2.05, 4.69) is 4.98 Å². The molecule has 0 saturated carbocycles. The van der Waals surface area contributed by atoms with Crippen molar-refractivity contribution in [3.63, 3.8) is 0 Å². The summed E-state index contributed by atoms with van der Waals surface area (Å²) in [5.74, 6) is -0.685.